The summed E-state index contributed by atoms with van der Waals surface area (Å²) in [6.45, 7) is 0.274. The zero-order valence-electron chi connectivity index (χ0n) is 11.1. The van der Waals surface area contributed by atoms with Gasteiger partial charge >= 0.3 is 6.03 Å². The highest BCUT2D eigenvalue weighted by Gasteiger charge is 1.99. The second-order valence-corrected chi connectivity index (χ2v) is 5.26. The molecule has 2 N–H and O–H groups in total. The zero-order chi connectivity index (χ0) is 15.1. The lowest BCUT2D eigenvalue weighted by Crippen LogP contribution is -2.31. The van der Waals surface area contributed by atoms with Crippen LogP contribution < -0.4 is 10.6 Å². The monoisotopic (exact) mass is 348 g/mol. The van der Waals surface area contributed by atoms with Crippen LogP contribution in [0.1, 0.15) is 11.1 Å². The molecule has 3 nitrogen and oxygen atoms in total. The molecule has 0 aromatic heterocycles. The van der Waals surface area contributed by atoms with Gasteiger partial charge in [0.1, 0.15) is 5.82 Å². The SMILES string of the molecule is O=C(N/C=C/c1ccc(Br)cc1)NCc1cccc(F)c1. The minimum absolute atomic E-state index is 0.274. The van der Waals surface area contributed by atoms with Gasteiger partial charge in [0.05, 0.1) is 0 Å². The van der Waals surface area contributed by atoms with Gasteiger partial charge in [-0.1, -0.05) is 40.2 Å². The van der Waals surface area contributed by atoms with Gasteiger partial charge in [0.2, 0.25) is 0 Å². The predicted molar refractivity (Wildman–Crippen MR) is 84.9 cm³/mol. The molecule has 108 valence electrons. The molecule has 0 aliphatic rings. The third-order valence-electron chi connectivity index (χ3n) is 2.70. The summed E-state index contributed by atoms with van der Waals surface area (Å²) in [5.74, 6) is -0.315. The van der Waals surface area contributed by atoms with Crippen LogP contribution in [0.4, 0.5) is 9.18 Å². The van der Waals surface area contributed by atoms with Crippen LogP contribution in [0.5, 0.6) is 0 Å². The van der Waals surface area contributed by atoms with E-state index in [1.54, 1.807) is 24.4 Å². The Morgan fingerprint density at radius 2 is 1.95 bits per heavy atom. The average Bonchev–Trinajstić information content (AvgIpc) is 2.47. The number of rotatable bonds is 4. The van der Waals surface area contributed by atoms with Gasteiger partial charge in [-0.2, -0.15) is 0 Å². The Balaban J connectivity index is 1.78. The molecule has 2 aromatic rings. The van der Waals surface area contributed by atoms with Crippen LogP contribution in [0.2, 0.25) is 0 Å². The summed E-state index contributed by atoms with van der Waals surface area (Å²) < 4.78 is 14.0. The highest BCUT2D eigenvalue weighted by Crippen LogP contribution is 2.11. The third kappa shape index (κ3) is 5.39. The maximum absolute atomic E-state index is 13.0. The lowest BCUT2D eigenvalue weighted by Gasteiger charge is -2.04. The predicted octanol–water partition coefficient (Wildman–Crippen LogP) is 4.06. The first kappa shape index (κ1) is 15.3. The number of amides is 2. The average molecular weight is 349 g/mol. The number of carbonyl (C=O) groups is 1. The van der Waals surface area contributed by atoms with E-state index in [1.165, 1.54) is 12.1 Å². The van der Waals surface area contributed by atoms with Crippen LogP contribution in [0.3, 0.4) is 0 Å². The van der Waals surface area contributed by atoms with Crippen molar-refractivity contribution in [3.8, 4) is 0 Å². The lowest BCUT2D eigenvalue weighted by atomic mass is 10.2. The summed E-state index contributed by atoms with van der Waals surface area (Å²) in [6, 6.07) is 13.5. The van der Waals surface area contributed by atoms with E-state index in [0.29, 0.717) is 5.56 Å². The Kier molecular flexibility index (Phi) is 5.51. The first-order chi connectivity index (χ1) is 10.1. The maximum Gasteiger partial charge on any atom is 0.319 e. The molecule has 0 saturated heterocycles. The fraction of sp³-hybridized carbons (Fsp3) is 0.0625. The van der Waals surface area contributed by atoms with Crippen LogP contribution >= 0.6 is 15.9 Å². The van der Waals surface area contributed by atoms with E-state index in [0.717, 1.165) is 10.0 Å². The molecule has 0 radical (unpaired) electrons. The van der Waals surface area contributed by atoms with Gasteiger partial charge in [-0.3, -0.25) is 0 Å². The largest absolute Gasteiger partial charge is 0.334 e. The summed E-state index contributed by atoms with van der Waals surface area (Å²) in [5.41, 5.74) is 1.69. The van der Waals surface area contributed by atoms with Gasteiger partial charge in [-0.05, 0) is 41.5 Å². The van der Waals surface area contributed by atoms with E-state index in [2.05, 4.69) is 26.6 Å². The molecule has 0 aliphatic carbocycles. The molecule has 2 amide bonds. The van der Waals surface area contributed by atoms with E-state index in [9.17, 15) is 9.18 Å². The molecule has 5 heteroatoms. The molecule has 2 aromatic carbocycles. The fourth-order valence-corrected chi connectivity index (χ4v) is 1.93. The topological polar surface area (TPSA) is 41.1 Å². The molecule has 0 saturated carbocycles. The molecule has 2 rings (SSSR count). The Morgan fingerprint density at radius 1 is 1.19 bits per heavy atom. The van der Waals surface area contributed by atoms with Crippen molar-refractivity contribution in [2.45, 2.75) is 6.54 Å². The molecule has 21 heavy (non-hydrogen) atoms. The molecular formula is C16H14BrFN2O. The van der Waals surface area contributed by atoms with Gasteiger partial charge in [-0.25, -0.2) is 9.18 Å². The van der Waals surface area contributed by atoms with E-state index >= 15 is 0 Å². The Labute approximate surface area is 131 Å². The van der Waals surface area contributed by atoms with Gasteiger partial charge in [0.25, 0.3) is 0 Å². The summed E-state index contributed by atoms with van der Waals surface area (Å²) in [6.07, 6.45) is 3.35. The van der Waals surface area contributed by atoms with E-state index in [4.69, 9.17) is 0 Å². The van der Waals surface area contributed by atoms with Crippen LogP contribution in [-0.4, -0.2) is 6.03 Å². The van der Waals surface area contributed by atoms with Crippen LogP contribution in [0.15, 0.2) is 59.2 Å². The summed E-state index contributed by atoms with van der Waals surface area (Å²) in [7, 11) is 0. The molecule has 0 spiro atoms. The number of halogens is 2. The van der Waals surface area contributed by atoms with Gasteiger partial charge in [0.15, 0.2) is 0 Å². The van der Waals surface area contributed by atoms with Crippen LogP contribution in [0, 0.1) is 5.82 Å². The Bertz CT molecular complexity index is 641. The highest BCUT2D eigenvalue weighted by molar-refractivity contribution is 9.10. The second-order valence-electron chi connectivity index (χ2n) is 4.34. The molecule has 0 heterocycles. The second kappa shape index (κ2) is 7.59. The van der Waals surface area contributed by atoms with E-state index in [-0.39, 0.29) is 18.4 Å². The van der Waals surface area contributed by atoms with E-state index in [1.807, 2.05) is 24.3 Å². The number of nitrogens with one attached hydrogen (secondary N) is 2. The van der Waals surface area contributed by atoms with E-state index < -0.39 is 0 Å². The van der Waals surface area contributed by atoms with Crippen LogP contribution in [-0.2, 0) is 6.54 Å². The third-order valence-corrected chi connectivity index (χ3v) is 3.23. The Morgan fingerprint density at radius 3 is 2.67 bits per heavy atom. The zero-order valence-corrected chi connectivity index (χ0v) is 12.7. The number of hydrogen-bond donors (Lipinski definition) is 2. The fourth-order valence-electron chi connectivity index (χ4n) is 1.67. The van der Waals surface area contributed by atoms with Crippen molar-refractivity contribution in [3.63, 3.8) is 0 Å². The molecule has 0 bridgehead atoms. The number of urea groups is 1. The first-order valence-electron chi connectivity index (χ1n) is 6.34. The van der Waals surface area contributed by atoms with Gasteiger partial charge < -0.3 is 10.6 Å². The van der Waals surface area contributed by atoms with Crippen molar-refractivity contribution in [1.29, 1.82) is 0 Å². The highest BCUT2D eigenvalue weighted by atomic mass is 79.9. The molecule has 0 aliphatic heterocycles. The normalized spacial score (nSPS) is 10.6. The number of carbonyl (C=O) groups excluding carboxylic acids is 1. The van der Waals surface area contributed by atoms with Crippen molar-refractivity contribution < 1.29 is 9.18 Å². The maximum atomic E-state index is 13.0. The summed E-state index contributed by atoms with van der Waals surface area (Å²) in [4.78, 5) is 11.6. The smallest absolute Gasteiger partial charge is 0.319 e. The first-order valence-corrected chi connectivity index (χ1v) is 7.14. The summed E-state index contributed by atoms with van der Waals surface area (Å²) in [5, 5.41) is 5.24. The van der Waals surface area contributed by atoms with Crippen molar-refractivity contribution in [2.24, 2.45) is 0 Å². The lowest BCUT2D eigenvalue weighted by molar-refractivity contribution is 0.244. The molecule has 0 atom stereocenters. The minimum Gasteiger partial charge on any atom is -0.334 e. The molecule has 0 unspecified atom stereocenters. The van der Waals surface area contributed by atoms with Crippen molar-refractivity contribution in [2.75, 3.05) is 0 Å². The standard InChI is InChI=1S/C16H14BrFN2O/c17-14-6-4-12(5-7-14)8-9-19-16(21)20-11-13-2-1-3-15(18)10-13/h1-10H,11H2,(H2,19,20,21)/b9-8+. The summed E-state index contributed by atoms with van der Waals surface area (Å²) >= 11 is 3.35. The number of hydrogen-bond acceptors (Lipinski definition) is 1. The Hall–Kier alpha value is -2.14. The van der Waals surface area contributed by atoms with Crippen molar-refractivity contribution in [3.05, 3.63) is 76.1 Å². The van der Waals surface area contributed by atoms with Crippen molar-refractivity contribution in [1.82, 2.24) is 10.6 Å². The molecular weight excluding hydrogens is 335 g/mol. The van der Waals surface area contributed by atoms with Crippen molar-refractivity contribution >= 4 is 28.0 Å². The van der Waals surface area contributed by atoms with Gasteiger partial charge in [0, 0.05) is 17.2 Å². The number of benzene rings is 2. The van der Waals surface area contributed by atoms with Gasteiger partial charge in [-0.15, -0.1) is 0 Å². The molecule has 0 fully saturated rings. The van der Waals surface area contributed by atoms with Crippen LogP contribution in [0.25, 0.3) is 6.08 Å². The quantitative estimate of drug-likeness (QED) is 0.859. The minimum atomic E-state index is -0.340.